The Labute approximate surface area is 621 Å². The predicted octanol–water partition coefficient (Wildman–Crippen LogP) is 2.53. The molecular formula is C70H121N3O33. The fraction of sp³-hybridized carbons (Fsp3) is 0.814. The molecule has 0 unspecified atom stereocenters. The summed E-state index contributed by atoms with van der Waals surface area (Å²) in [6.45, 7) is 23.9. The minimum Gasteiger partial charge on any atom is -0.479 e. The fourth-order valence-corrected chi connectivity index (χ4v) is 8.71. The molecule has 0 saturated carbocycles. The Balaban J connectivity index is 1.57. The number of nitrogens with zero attached hydrogens (tertiary/aromatic N) is 1. The number of ketones is 1. The molecule has 0 aliphatic carbocycles. The van der Waals surface area contributed by atoms with Crippen LogP contribution in [0.1, 0.15) is 110 Å². The summed E-state index contributed by atoms with van der Waals surface area (Å²) in [5.74, 6) is -3.85. The monoisotopic (exact) mass is 1530 g/mol. The van der Waals surface area contributed by atoms with Crippen molar-refractivity contribution < 1.29 is 158 Å². The summed E-state index contributed by atoms with van der Waals surface area (Å²) >= 11 is 0. The van der Waals surface area contributed by atoms with Crippen LogP contribution in [0.2, 0.25) is 0 Å². The molecule has 614 valence electrons. The number of carbonyl (C=O) groups excluding carboxylic acids is 6. The maximum absolute atomic E-state index is 13.7. The molecule has 2 rings (SSSR count). The molecule has 1 heterocycles. The van der Waals surface area contributed by atoms with E-state index in [1.165, 1.54) is 25.1 Å². The van der Waals surface area contributed by atoms with E-state index in [0.717, 1.165) is 6.42 Å². The summed E-state index contributed by atoms with van der Waals surface area (Å²) in [6, 6.07) is 3.22. The highest BCUT2D eigenvalue weighted by Gasteiger charge is 2.48. The number of aliphatic hydroxyl groups is 3. The largest absolute Gasteiger partial charge is 0.479 e. The van der Waals surface area contributed by atoms with Gasteiger partial charge in [0.05, 0.1) is 210 Å². The van der Waals surface area contributed by atoms with E-state index in [1.807, 2.05) is 6.92 Å². The molecule has 1 aromatic rings. The van der Waals surface area contributed by atoms with Gasteiger partial charge in [0, 0.05) is 33.1 Å². The van der Waals surface area contributed by atoms with Crippen LogP contribution in [0.3, 0.4) is 0 Å². The third-order valence-corrected chi connectivity index (χ3v) is 13.8. The second kappa shape index (κ2) is 61.3. The smallest absolute Gasteiger partial charge is 0.444 e. The van der Waals surface area contributed by atoms with Crippen molar-refractivity contribution >= 4 is 41.7 Å². The first-order valence-corrected chi connectivity index (χ1v) is 36.0. The number of amides is 4. The van der Waals surface area contributed by atoms with Gasteiger partial charge in [0.1, 0.15) is 48.5 Å². The highest BCUT2D eigenvalue weighted by molar-refractivity contribution is 5.97. The number of imide groups is 1. The summed E-state index contributed by atoms with van der Waals surface area (Å²) < 4.78 is 115. The quantitative estimate of drug-likeness (QED) is 0.0236. The Hall–Kier alpha value is -5.53. The molecule has 6 N–H and O–H groups in total. The molecule has 36 nitrogen and oxygen atoms in total. The molecule has 1 aliphatic heterocycles. The number of ether oxygens (including phenoxy) is 21. The zero-order valence-electron chi connectivity index (χ0n) is 63.3. The van der Waals surface area contributed by atoms with Gasteiger partial charge in [0.25, 0.3) is 5.91 Å². The van der Waals surface area contributed by atoms with Gasteiger partial charge in [-0.25, -0.2) is 14.4 Å². The Morgan fingerprint density at radius 2 is 0.896 bits per heavy atom. The van der Waals surface area contributed by atoms with Crippen molar-refractivity contribution in [2.45, 2.75) is 148 Å². The van der Waals surface area contributed by atoms with Crippen LogP contribution in [0.5, 0.6) is 5.75 Å². The summed E-state index contributed by atoms with van der Waals surface area (Å²) in [7, 11) is 0. The molecule has 4 amide bonds. The van der Waals surface area contributed by atoms with Crippen molar-refractivity contribution in [3.63, 3.8) is 0 Å². The number of Topliss-reactive ketones (excluding diaryl/α,β-unsaturated/α-hetero) is 1. The second-order valence-corrected chi connectivity index (χ2v) is 25.2. The summed E-state index contributed by atoms with van der Waals surface area (Å²) in [5, 5.41) is 46.5. The molecule has 1 fully saturated rings. The molecular weight excluding hydrogens is 1410 g/mol. The van der Waals surface area contributed by atoms with Crippen molar-refractivity contribution in [3.8, 4) is 5.75 Å². The lowest BCUT2D eigenvalue weighted by atomic mass is 9.99. The Morgan fingerprint density at radius 3 is 1.29 bits per heavy atom. The number of hydrogen-bond acceptors (Lipinski definition) is 32. The van der Waals surface area contributed by atoms with Gasteiger partial charge in [-0.1, -0.05) is 18.1 Å². The van der Waals surface area contributed by atoms with Crippen LogP contribution in [-0.4, -0.2) is 340 Å². The first kappa shape index (κ1) is 96.5. The van der Waals surface area contributed by atoms with E-state index in [4.69, 9.17) is 104 Å². The zero-order valence-corrected chi connectivity index (χ0v) is 63.3. The molecule has 0 aromatic heterocycles. The van der Waals surface area contributed by atoms with Gasteiger partial charge in [-0.2, -0.15) is 0 Å². The molecule has 1 saturated heterocycles. The van der Waals surface area contributed by atoms with E-state index in [0.29, 0.717) is 195 Å². The van der Waals surface area contributed by atoms with E-state index >= 15 is 0 Å². The van der Waals surface area contributed by atoms with E-state index in [9.17, 15) is 54.0 Å². The van der Waals surface area contributed by atoms with Crippen LogP contribution < -0.4 is 15.4 Å². The highest BCUT2D eigenvalue weighted by atomic mass is 16.8. The van der Waals surface area contributed by atoms with Gasteiger partial charge < -0.3 is 131 Å². The third-order valence-electron chi connectivity index (χ3n) is 13.8. The lowest BCUT2D eigenvalue weighted by Gasteiger charge is -2.38. The van der Waals surface area contributed by atoms with Crippen molar-refractivity contribution in [1.82, 2.24) is 15.7 Å². The molecule has 36 heteroatoms. The minimum atomic E-state index is -1.98. The van der Waals surface area contributed by atoms with Crippen LogP contribution in [0, 0.1) is 0 Å². The summed E-state index contributed by atoms with van der Waals surface area (Å²) in [6.07, 6.45) is -9.31. The average Bonchev–Trinajstić information content (AvgIpc) is 0.796. The molecule has 0 radical (unpaired) electrons. The van der Waals surface area contributed by atoms with Crippen LogP contribution in [0.25, 0.3) is 0 Å². The van der Waals surface area contributed by atoms with Crippen LogP contribution in [-0.2, 0) is 125 Å². The van der Waals surface area contributed by atoms with E-state index in [-0.39, 0.29) is 95.9 Å². The third kappa shape index (κ3) is 51.0. The lowest BCUT2D eigenvalue weighted by Crippen LogP contribution is -2.61. The number of carbonyl (C=O) groups is 7. The first-order valence-electron chi connectivity index (χ1n) is 36.0. The average molecular weight is 1530 g/mol. The summed E-state index contributed by atoms with van der Waals surface area (Å²) in [5.41, 5.74) is -1.44. The lowest BCUT2D eigenvalue weighted by molar-refractivity contribution is -0.271. The van der Waals surface area contributed by atoms with Crippen LogP contribution in [0.15, 0.2) is 18.2 Å². The van der Waals surface area contributed by atoms with Crippen molar-refractivity contribution in [1.29, 1.82) is 0 Å². The maximum atomic E-state index is 13.7. The number of esters is 1. The Kier molecular flexibility index (Phi) is 55.8. The Morgan fingerprint density at radius 1 is 0.500 bits per heavy atom. The van der Waals surface area contributed by atoms with Crippen LogP contribution in [0.4, 0.5) is 9.59 Å². The van der Waals surface area contributed by atoms with E-state index in [1.54, 1.807) is 41.5 Å². The van der Waals surface area contributed by atoms with Gasteiger partial charge in [-0.05, 0) is 91.3 Å². The van der Waals surface area contributed by atoms with Crippen LogP contribution >= 0.6 is 0 Å². The molecule has 1 aliphatic rings. The fourth-order valence-electron chi connectivity index (χ4n) is 8.71. The van der Waals surface area contributed by atoms with Gasteiger partial charge >= 0.3 is 24.1 Å². The number of rotatable bonds is 67. The molecule has 106 heavy (non-hydrogen) atoms. The molecule has 1 aromatic carbocycles. The van der Waals surface area contributed by atoms with Gasteiger partial charge in [0.2, 0.25) is 12.2 Å². The van der Waals surface area contributed by atoms with Gasteiger partial charge in [0.15, 0.2) is 11.9 Å². The van der Waals surface area contributed by atoms with Crippen molar-refractivity contribution in [2.75, 3.05) is 225 Å². The Bertz CT molecular complexity index is 2450. The minimum absolute atomic E-state index is 0.0739. The van der Waals surface area contributed by atoms with E-state index < -0.39 is 83.9 Å². The van der Waals surface area contributed by atoms with Crippen molar-refractivity contribution in [3.05, 3.63) is 29.3 Å². The normalized spacial score (nSPS) is 16.3. The molecule has 0 bridgehead atoms. The predicted molar refractivity (Wildman–Crippen MR) is 373 cm³/mol. The number of hydrogen-bond donors (Lipinski definition) is 6. The van der Waals surface area contributed by atoms with E-state index in [2.05, 4.69) is 10.6 Å². The topological polar surface area (TPSA) is 431 Å². The number of nitrogens with one attached hydrogen (secondary N) is 2. The molecule has 6 atom stereocenters. The summed E-state index contributed by atoms with van der Waals surface area (Å²) in [4.78, 5) is 93.8. The number of unbranched alkanes of at least 4 members (excludes halogenated alkanes) is 1. The number of aliphatic hydroxyl groups excluding tert-OH is 3. The first-order chi connectivity index (χ1) is 50.9. The number of aliphatic carboxylic acids is 1. The van der Waals surface area contributed by atoms with Gasteiger partial charge in [-0.3, -0.25) is 24.0 Å². The number of carboxylic acid groups (broad SMARTS) is 1. The second-order valence-electron chi connectivity index (χ2n) is 25.2. The number of carboxylic acids is 1. The standard InChI is InChI=1S/C70H121N3O33/c1-9-18-85-20-22-87-24-26-96-42-43-98-46-47-100-52-59(76)72-56(13-10-11-17-71-64(80)55-50-54(51-101-53(2)74)15-16-58(55)103-66-62(79)60(77)61(78)63(104-66)65(81)82)57(75)14-12-19-86-21-23-88-25-27-89-28-29-90-30-31-91-32-33-92-34-35-93-36-37-94-38-39-95-40-41-97-44-45-99-48-49-102-73(67(83)105-69(3,4)5)68(84)106-70(6,7)8/h15-16,50,56,60-63,66,77-79H,9-14,17-49,51-52H2,1-8H3,(H,71,80)(H,72,76)(H,81,82)/t56-,60-,61-,62+,63-,66+/m0/s1. The van der Waals surface area contributed by atoms with Crippen molar-refractivity contribution in [2.24, 2.45) is 0 Å². The van der Waals surface area contributed by atoms with Gasteiger partial charge in [-0.15, -0.1) is 0 Å². The highest BCUT2D eigenvalue weighted by Crippen LogP contribution is 2.28. The SMILES string of the molecule is CCCOCCOCCOCCOCCOCC(=O)N[C@@H](CCCCNC(=O)c1cc(COC(C)=O)ccc1O[C@@H]1O[C@H](C(=O)O)[C@@H](O)[C@H](O)[C@H]1O)C(=O)CCCOCCOCCOCCOCCOCCOCCOCCOCCOCCOCCOCCON(C(=O)OC(C)(C)C)C(=O)OC(C)(C)C. The number of benzene rings is 1. The maximum Gasteiger partial charge on any atom is 0.444 e. The number of hydroxylamine groups is 2. The molecule has 0 spiro atoms. The zero-order chi connectivity index (χ0) is 77.9.